The van der Waals surface area contributed by atoms with Gasteiger partial charge < -0.3 is 37.9 Å². The van der Waals surface area contributed by atoms with E-state index in [9.17, 15) is 33.6 Å². The summed E-state index contributed by atoms with van der Waals surface area (Å²) in [6, 6.07) is 20.8. The first-order valence-electron chi connectivity index (χ1n) is 23.0. The average molecular weight is 943 g/mol. The SMILES string of the molecule is C=C(C)C(=O)OCCCc1cc(-c2ccc(OC(=O)CCc3ccc(CCCCCC)cc3)cc2)ccc1OCC(COC(=O)CC(=O)OCC)(COC(=O)CC(=O)OCC)COC(=O)C(=C)C. The van der Waals surface area contributed by atoms with Crippen molar-refractivity contribution in [2.75, 3.05) is 46.2 Å². The Morgan fingerprint density at radius 3 is 1.60 bits per heavy atom. The molecule has 0 heterocycles. The highest BCUT2D eigenvalue weighted by Gasteiger charge is 2.38. The molecule has 0 spiro atoms. The molecule has 0 aliphatic rings. The van der Waals surface area contributed by atoms with Crippen molar-refractivity contribution < 1.29 is 71.5 Å². The molecular formula is C53H66O15. The van der Waals surface area contributed by atoms with Crippen LogP contribution in [0.4, 0.5) is 0 Å². The second-order valence-electron chi connectivity index (χ2n) is 16.4. The van der Waals surface area contributed by atoms with E-state index < -0.39 is 80.5 Å². The normalized spacial score (nSPS) is 10.8. The first kappa shape index (κ1) is 55.6. The van der Waals surface area contributed by atoms with E-state index in [0.29, 0.717) is 36.3 Å². The molecule has 0 N–H and O–H groups in total. The number of hydrogen-bond acceptors (Lipinski definition) is 15. The van der Waals surface area contributed by atoms with Gasteiger partial charge in [-0.05, 0) is 112 Å². The van der Waals surface area contributed by atoms with Crippen LogP contribution in [0.5, 0.6) is 11.5 Å². The van der Waals surface area contributed by atoms with Gasteiger partial charge in [-0.1, -0.05) is 81.8 Å². The predicted molar refractivity (Wildman–Crippen MR) is 252 cm³/mol. The Bertz CT molecular complexity index is 2140. The van der Waals surface area contributed by atoms with Crippen LogP contribution in [0.15, 0.2) is 91.0 Å². The maximum Gasteiger partial charge on any atom is 0.333 e. The van der Waals surface area contributed by atoms with Gasteiger partial charge in [0, 0.05) is 17.6 Å². The minimum Gasteiger partial charge on any atom is -0.492 e. The van der Waals surface area contributed by atoms with Gasteiger partial charge in [0.15, 0.2) is 0 Å². The largest absolute Gasteiger partial charge is 0.492 e. The zero-order valence-electron chi connectivity index (χ0n) is 40.1. The number of carbonyl (C=O) groups excluding carboxylic acids is 7. The first-order valence-corrected chi connectivity index (χ1v) is 23.0. The highest BCUT2D eigenvalue weighted by molar-refractivity contribution is 5.92. The molecule has 0 bridgehead atoms. The summed E-state index contributed by atoms with van der Waals surface area (Å²) >= 11 is 0. The van der Waals surface area contributed by atoms with Crippen molar-refractivity contribution in [3.63, 3.8) is 0 Å². The molecule has 0 atom stereocenters. The number of carbonyl (C=O) groups is 7. The van der Waals surface area contributed by atoms with Crippen LogP contribution in [0.25, 0.3) is 11.1 Å². The Morgan fingerprint density at radius 2 is 1.04 bits per heavy atom. The Kier molecular flexibility index (Phi) is 24.3. The maximum absolute atomic E-state index is 12.8. The summed E-state index contributed by atoms with van der Waals surface area (Å²) < 4.78 is 43.6. The summed E-state index contributed by atoms with van der Waals surface area (Å²) in [7, 11) is 0. The smallest absolute Gasteiger partial charge is 0.333 e. The highest BCUT2D eigenvalue weighted by atomic mass is 16.6. The lowest BCUT2D eigenvalue weighted by atomic mass is 9.91. The molecule has 0 aliphatic heterocycles. The van der Waals surface area contributed by atoms with E-state index >= 15 is 0 Å². The molecule has 0 amide bonds. The average Bonchev–Trinajstić information content (AvgIpc) is 3.31. The van der Waals surface area contributed by atoms with Crippen LogP contribution in [0.2, 0.25) is 0 Å². The van der Waals surface area contributed by atoms with Crippen LogP contribution in [0.3, 0.4) is 0 Å². The Balaban J connectivity index is 1.87. The topological polar surface area (TPSA) is 193 Å². The van der Waals surface area contributed by atoms with Crippen LogP contribution < -0.4 is 9.47 Å². The molecule has 0 aromatic heterocycles. The summed E-state index contributed by atoms with van der Waals surface area (Å²) in [5.41, 5.74) is 3.26. The molecule has 15 heteroatoms. The van der Waals surface area contributed by atoms with Crippen molar-refractivity contribution in [1.29, 1.82) is 0 Å². The van der Waals surface area contributed by atoms with Gasteiger partial charge in [0.2, 0.25) is 0 Å². The Labute approximate surface area is 399 Å². The molecular weight excluding hydrogens is 877 g/mol. The van der Waals surface area contributed by atoms with Crippen molar-refractivity contribution >= 4 is 41.8 Å². The monoisotopic (exact) mass is 942 g/mol. The van der Waals surface area contributed by atoms with Crippen LogP contribution in [-0.4, -0.2) is 88.0 Å². The third kappa shape index (κ3) is 20.8. The van der Waals surface area contributed by atoms with E-state index in [1.165, 1.54) is 38.2 Å². The van der Waals surface area contributed by atoms with Crippen LogP contribution in [-0.2, 0) is 81.2 Å². The number of rotatable bonds is 31. The van der Waals surface area contributed by atoms with Gasteiger partial charge in [-0.3, -0.25) is 24.0 Å². The molecule has 0 fully saturated rings. The molecule has 368 valence electrons. The summed E-state index contributed by atoms with van der Waals surface area (Å²) in [6.45, 7) is 13.6. The molecule has 3 aromatic rings. The van der Waals surface area contributed by atoms with Crippen molar-refractivity contribution in [2.24, 2.45) is 5.41 Å². The summed E-state index contributed by atoms with van der Waals surface area (Å²) in [6.07, 6.45) is 5.91. The van der Waals surface area contributed by atoms with Crippen molar-refractivity contribution in [3.8, 4) is 22.6 Å². The molecule has 3 rings (SSSR count). The third-order valence-electron chi connectivity index (χ3n) is 10.3. The fraction of sp³-hybridized carbons (Fsp3) is 0.453. The number of benzene rings is 3. The molecule has 0 saturated carbocycles. The fourth-order valence-electron chi connectivity index (χ4n) is 6.47. The van der Waals surface area contributed by atoms with E-state index in [1.807, 2.05) is 18.2 Å². The predicted octanol–water partition coefficient (Wildman–Crippen LogP) is 8.54. The van der Waals surface area contributed by atoms with E-state index in [0.717, 1.165) is 23.1 Å². The quantitative estimate of drug-likeness (QED) is 0.0149. The molecule has 0 saturated heterocycles. The Morgan fingerprint density at radius 1 is 0.515 bits per heavy atom. The van der Waals surface area contributed by atoms with Crippen LogP contribution in [0, 0.1) is 5.41 Å². The minimum atomic E-state index is -1.60. The minimum absolute atomic E-state index is 0.0327. The maximum atomic E-state index is 12.8. The van der Waals surface area contributed by atoms with E-state index in [-0.39, 0.29) is 43.4 Å². The molecule has 15 nitrogen and oxygen atoms in total. The van der Waals surface area contributed by atoms with Gasteiger partial charge in [-0.25, -0.2) is 9.59 Å². The van der Waals surface area contributed by atoms with Gasteiger partial charge in [0.1, 0.15) is 56.2 Å². The number of ether oxygens (including phenoxy) is 8. The number of unbranched alkanes of at least 4 members (excludes halogenated alkanes) is 3. The molecule has 68 heavy (non-hydrogen) atoms. The lowest BCUT2D eigenvalue weighted by Gasteiger charge is -2.32. The second-order valence-corrected chi connectivity index (χ2v) is 16.4. The lowest BCUT2D eigenvalue weighted by molar-refractivity contribution is -0.166. The van der Waals surface area contributed by atoms with Crippen LogP contribution >= 0.6 is 0 Å². The Hall–Kier alpha value is -6.77. The summed E-state index contributed by atoms with van der Waals surface area (Å²) in [5, 5.41) is 0. The lowest BCUT2D eigenvalue weighted by Crippen LogP contribution is -2.44. The summed E-state index contributed by atoms with van der Waals surface area (Å²) in [5.74, 6) is -4.58. The van der Waals surface area contributed by atoms with E-state index in [4.69, 9.17) is 37.9 Å². The van der Waals surface area contributed by atoms with Gasteiger partial charge >= 0.3 is 41.8 Å². The van der Waals surface area contributed by atoms with Gasteiger partial charge in [-0.15, -0.1) is 0 Å². The number of aryl methyl sites for hydroxylation is 3. The number of hydrogen-bond donors (Lipinski definition) is 0. The molecule has 0 radical (unpaired) electrons. The molecule has 3 aromatic carbocycles. The first-order chi connectivity index (χ1) is 32.6. The van der Waals surface area contributed by atoms with Crippen molar-refractivity contribution in [3.05, 3.63) is 108 Å². The standard InChI is InChI=1S/C53H66O15/c1-8-11-12-13-15-39-17-19-40(20-18-39)21-28-46(54)68-44-25-22-41(23-26-44)42-24-27-45(43(30-42)16-14-29-63-51(59)37(4)5)64-33-53(36-67-52(60)38(6)7,34-65-49(57)31-47(55)61-9-2)35-66-50(58)32-48(56)62-10-3/h17-20,22-27,30H,4,6,8-16,21,28-29,31-36H2,1-3,5,7H3. The summed E-state index contributed by atoms with van der Waals surface area (Å²) in [4.78, 5) is 87.4. The number of esters is 7. The zero-order chi connectivity index (χ0) is 49.9. The van der Waals surface area contributed by atoms with Gasteiger partial charge in [0.25, 0.3) is 0 Å². The van der Waals surface area contributed by atoms with Crippen LogP contribution in [0.1, 0.15) is 103 Å². The van der Waals surface area contributed by atoms with E-state index in [1.54, 1.807) is 45.0 Å². The van der Waals surface area contributed by atoms with Crippen molar-refractivity contribution in [1.82, 2.24) is 0 Å². The third-order valence-corrected chi connectivity index (χ3v) is 10.3. The zero-order valence-corrected chi connectivity index (χ0v) is 40.1. The second kappa shape index (κ2) is 29.8. The fourth-order valence-corrected chi connectivity index (χ4v) is 6.47. The molecule has 0 aliphatic carbocycles. The molecule has 0 unspecified atom stereocenters. The van der Waals surface area contributed by atoms with Crippen molar-refractivity contribution in [2.45, 2.75) is 105 Å². The van der Waals surface area contributed by atoms with E-state index in [2.05, 4.69) is 44.3 Å². The van der Waals surface area contributed by atoms with Gasteiger partial charge in [-0.2, -0.15) is 0 Å². The highest BCUT2D eigenvalue weighted by Crippen LogP contribution is 2.32. The van der Waals surface area contributed by atoms with Gasteiger partial charge in [0.05, 0.1) is 19.8 Å².